The number of esters is 1. The second-order valence-corrected chi connectivity index (χ2v) is 5.57. The Balaban J connectivity index is 2.53. The molecule has 118 valence electrons. The summed E-state index contributed by atoms with van der Waals surface area (Å²) in [5.41, 5.74) is 0.245. The van der Waals surface area contributed by atoms with Crippen molar-refractivity contribution in [2.45, 2.75) is 32.9 Å². The summed E-state index contributed by atoms with van der Waals surface area (Å²) in [7, 11) is 0. The van der Waals surface area contributed by atoms with Gasteiger partial charge < -0.3 is 15.4 Å². The number of benzene rings is 1. The molecule has 22 heavy (non-hydrogen) atoms. The van der Waals surface area contributed by atoms with Gasteiger partial charge in [0.25, 0.3) is 0 Å². The van der Waals surface area contributed by atoms with Crippen molar-refractivity contribution in [2.75, 3.05) is 0 Å². The van der Waals surface area contributed by atoms with Crippen LogP contribution in [0.2, 0.25) is 0 Å². The number of carbonyl (C=O) groups is 1. The number of thiocarbonyl (C=S) groups is 1. The molecule has 0 bridgehead atoms. The van der Waals surface area contributed by atoms with Crippen LogP contribution < -0.4 is 10.6 Å². The Labute approximate surface area is 132 Å². The van der Waals surface area contributed by atoms with Crippen molar-refractivity contribution in [2.24, 2.45) is 0 Å². The molecule has 1 aromatic carbocycles. The van der Waals surface area contributed by atoms with Crippen LogP contribution in [0.5, 0.6) is 0 Å². The summed E-state index contributed by atoms with van der Waals surface area (Å²) in [5, 5.41) is 5.69. The maximum Gasteiger partial charge on any atom is 0.338 e. The summed E-state index contributed by atoms with van der Waals surface area (Å²) in [6.07, 6.45) is -0.354. The normalized spacial score (nSPS) is 18.1. The Morgan fingerprint density at radius 1 is 1.32 bits per heavy atom. The van der Waals surface area contributed by atoms with Gasteiger partial charge in [-0.15, -0.1) is 0 Å². The van der Waals surface area contributed by atoms with Gasteiger partial charge in [-0.1, -0.05) is 6.07 Å². The summed E-state index contributed by atoms with van der Waals surface area (Å²) in [4.78, 5) is 12.3. The Morgan fingerprint density at radius 3 is 2.45 bits per heavy atom. The molecule has 1 aliphatic heterocycles. The molecule has 0 radical (unpaired) electrons. The van der Waals surface area contributed by atoms with E-state index in [1.54, 1.807) is 20.8 Å². The molecule has 0 fully saturated rings. The zero-order valence-electron chi connectivity index (χ0n) is 12.4. The fraction of sp³-hybridized carbons (Fsp3) is 0.333. The highest BCUT2D eigenvalue weighted by atomic mass is 32.1. The van der Waals surface area contributed by atoms with Crippen molar-refractivity contribution in [3.05, 3.63) is 46.7 Å². The second kappa shape index (κ2) is 6.39. The first kappa shape index (κ1) is 16.4. The van der Waals surface area contributed by atoms with Crippen LogP contribution in [0.4, 0.5) is 8.78 Å². The molecular formula is C15H16F2N2O2S. The summed E-state index contributed by atoms with van der Waals surface area (Å²) in [6.45, 7) is 5.00. The van der Waals surface area contributed by atoms with Crippen LogP contribution >= 0.6 is 12.2 Å². The molecule has 0 amide bonds. The maximum atomic E-state index is 14.1. The number of rotatable bonds is 3. The third-order valence-electron chi connectivity index (χ3n) is 3.12. The van der Waals surface area contributed by atoms with Crippen molar-refractivity contribution in [3.63, 3.8) is 0 Å². The Kier molecular flexibility index (Phi) is 4.75. The zero-order chi connectivity index (χ0) is 16.4. The minimum Gasteiger partial charge on any atom is -0.459 e. The van der Waals surface area contributed by atoms with Crippen LogP contribution in [-0.2, 0) is 9.53 Å². The number of hydrogen-bond donors (Lipinski definition) is 2. The molecule has 0 spiro atoms. The lowest BCUT2D eigenvalue weighted by atomic mass is 9.94. The number of halogens is 2. The SMILES string of the molecule is CC1=C(C(=O)OC(C)C)[C@@H](c2c(F)cccc2F)NC(=S)N1. The van der Waals surface area contributed by atoms with Gasteiger partial charge in [-0.25, -0.2) is 13.6 Å². The third-order valence-corrected chi connectivity index (χ3v) is 3.34. The first-order valence-electron chi connectivity index (χ1n) is 6.74. The molecule has 0 saturated heterocycles. The van der Waals surface area contributed by atoms with Gasteiger partial charge in [-0.3, -0.25) is 0 Å². The van der Waals surface area contributed by atoms with E-state index in [1.807, 2.05) is 0 Å². The van der Waals surface area contributed by atoms with Gasteiger partial charge in [0.1, 0.15) is 11.6 Å². The first-order valence-corrected chi connectivity index (χ1v) is 7.15. The Bertz CT molecular complexity index is 639. The number of ether oxygens (including phenoxy) is 1. The molecular weight excluding hydrogens is 310 g/mol. The highest BCUT2D eigenvalue weighted by molar-refractivity contribution is 7.80. The van der Waals surface area contributed by atoms with Crippen LogP contribution in [0.15, 0.2) is 29.5 Å². The zero-order valence-corrected chi connectivity index (χ0v) is 13.2. The summed E-state index contributed by atoms with van der Waals surface area (Å²) in [6, 6.07) is 2.48. The summed E-state index contributed by atoms with van der Waals surface area (Å²) >= 11 is 5.02. The second-order valence-electron chi connectivity index (χ2n) is 5.16. The van der Waals surface area contributed by atoms with Crippen LogP contribution in [0.25, 0.3) is 0 Å². The van der Waals surface area contributed by atoms with E-state index in [-0.39, 0.29) is 22.4 Å². The van der Waals surface area contributed by atoms with E-state index in [0.29, 0.717) is 5.70 Å². The van der Waals surface area contributed by atoms with Crippen LogP contribution in [-0.4, -0.2) is 17.2 Å². The molecule has 0 aromatic heterocycles. The van der Waals surface area contributed by atoms with Crippen molar-refractivity contribution in [1.82, 2.24) is 10.6 Å². The first-order chi connectivity index (χ1) is 10.3. The van der Waals surface area contributed by atoms with E-state index in [0.717, 1.165) is 12.1 Å². The smallest absolute Gasteiger partial charge is 0.338 e. The molecule has 1 aromatic rings. The standard InChI is InChI=1S/C15H16F2N2O2S/c1-7(2)21-14(20)11-8(3)18-15(22)19-13(11)12-9(16)5-4-6-10(12)17/h4-7,13H,1-3H3,(H2,18,19,22)/t13-/m0/s1. The topological polar surface area (TPSA) is 50.4 Å². The third kappa shape index (κ3) is 3.24. The predicted molar refractivity (Wildman–Crippen MR) is 81.9 cm³/mol. The predicted octanol–water partition coefficient (Wildman–Crippen LogP) is 2.71. The number of carbonyl (C=O) groups excluding carboxylic acids is 1. The fourth-order valence-corrected chi connectivity index (χ4v) is 2.52. The average Bonchev–Trinajstić information content (AvgIpc) is 2.36. The maximum absolute atomic E-state index is 14.1. The van der Waals surface area contributed by atoms with E-state index >= 15 is 0 Å². The molecule has 7 heteroatoms. The van der Waals surface area contributed by atoms with Gasteiger partial charge in [0, 0.05) is 5.70 Å². The largest absolute Gasteiger partial charge is 0.459 e. The molecule has 2 N–H and O–H groups in total. The summed E-state index contributed by atoms with van der Waals surface area (Å²) in [5.74, 6) is -2.17. The molecule has 1 heterocycles. The van der Waals surface area contributed by atoms with Gasteiger partial charge >= 0.3 is 5.97 Å². The lowest BCUT2D eigenvalue weighted by Gasteiger charge is -2.30. The van der Waals surface area contributed by atoms with E-state index < -0.39 is 23.6 Å². The van der Waals surface area contributed by atoms with E-state index in [9.17, 15) is 13.6 Å². The average molecular weight is 326 g/mol. The Morgan fingerprint density at radius 2 is 1.91 bits per heavy atom. The van der Waals surface area contributed by atoms with Crippen molar-refractivity contribution < 1.29 is 18.3 Å². The van der Waals surface area contributed by atoms with Crippen molar-refractivity contribution in [1.29, 1.82) is 0 Å². The molecule has 4 nitrogen and oxygen atoms in total. The van der Waals surface area contributed by atoms with Crippen molar-refractivity contribution in [3.8, 4) is 0 Å². The van der Waals surface area contributed by atoms with Gasteiger partial charge in [0.15, 0.2) is 5.11 Å². The number of nitrogens with one attached hydrogen (secondary N) is 2. The lowest BCUT2D eigenvalue weighted by Crippen LogP contribution is -2.45. The van der Waals surface area contributed by atoms with Crippen LogP contribution in [0, 0.1) is 11.6 Å². The lowest BCUT2D eigenvalue weighted by molar-refractivity contribution is -0.143. The van der Waals surface area contributed by atoms with Crippen LogP contribution in [0.3, 0.4) is 0 Å². The molecule has 0 unspecified atom stereocenters. The molecule has 1 atom stereocenters. The highest BCUT2D eigenvalue weighted by Gasteiger charge is 2.34. The molecule has 0 saturated carbocycles. The van der Waals surface area contributed by atoms with E-state index in [2.05, 4.69) is 10.6 Å². The number of allylic oxidation sites excluding steroid dienone is 1. The number of hydrogen-bond acceptors (Lipinski definition) is 3. The van der Waals surface area contributed by atoms with E-state index in [1.165, 1.54) is 6.07 Å². The molecule has 2 rings (SSSR count). The molecule has 1 aliphatic rings. The quantitative estimate of drug-likeness (QED) is 0.661. The fourth-order valence-electron chi connectivity index (χ4n) is 2.24. The monoisotopic (exact) mass is 326 g/mol. The van der Waals surface area contributed by atoms with E-state index in [4.69, 9.17) is 17.0 Å². The van der Waals surface area contributed by atoms with Gasteiger partial charge in [-0.05, 0) is 45.1 Å². The highest BCUT2D eigenvalue weighted by Crippen LogP contribution is 2.31. The van der Waals surface area contributed by atoms with Gasteiger partial charge in [-0.2, -0.15) is 0 Å². The van der Waals surface area contributed by atoms with Crippen molar-refractivity contribution >= 4 is 23.3 Å². The van der Waals surface area contributed by atoms with Gasteiger partial charge in [0.05, 0.1) is 23.3 Å². The van der Waals surface area contributed by atoms with Crippen LogP contribution in [0.1, 0.15) is 32.4 Å². The summed E-state index contributed by atoms with van der Waals surface area (Å²) < 4.78 is 33.3. The minimum absolute atomic E-state index is 0.103. The Hall–Kier alpha value is -2.02. The molecule has 0 aliphatic carbocycles. The van der Waals surface area contributed by atoms with Gasteiger partial charge in [0.2, 0.25) is 0 Å². The minimum atomic E-state index is -1.04.